The standard InChI is InChI=1S/C38H33FN2O4S2/c1-2-45-38(44)33-31-21-18-27(24-10-5-3-6-11-24)22-32(31)47-37(33)41-36(43)34(25-12-7-4-8-13-25)46-30-15-9-14-29(23-30)40-35(42)26-16-19-28(39)20-17-26/h3-17,19-20,23,27,34H,2,18,21-22H2,1H3,(H,40,42)(H,41,43). The number of thiophene rings is 1. The number of hydrogen-bond acceptors (Lipinski definition) is 6. The van der Waals surface area contributed by atoms with Crippen LogP contribution in [0.3, 0.4) is 0 Å². The van der Waals surface area contributed by atoms with Crippen LogP contribution in [-0.4, -0.2) is 24.4 Å². The number of hydrogen-bond donors (Lipinski definition) is 2. The summed E-state index contributed by atoms with van der Waals surface area (Å²) in [4.78, 5) is 42.0. The number of rotatable bonds is 10. The number of anilines is 2. The van der Waals surface area contributed by atoms with Gasteiger partial charge in [-0.15, -0.1) is 23.1 Å². The maximum atomic E-state index is 14.1. The third-order valence-corrected chi connectivity index (χ3v) is 10.5. The Morgan fingerprint density at radius 3 is 2.36 bits per heavy atom. The molecule has 238 valence electrons. The summed E-state index contributed by atoms with van der Waals surface area (Å²) in [6, 6.07) is 32.4. The number of amides is 2. The van der Waals surface area contributed by atoms with Gasteiger partial charge in [-0.05, 0) is 91.3 Å². The Hall–Kier alpha value is -4.73. The fourth-order valence-corrected chi connectivity index (χ4v) is 8.17. The predicted molar refractivity (Wildman–Crippen MR) is 186 cm³/mol. The largest absolute Gasteiger partial charge is 0.462 e. The minimum Gasteiger partial charge on any atom is -0.462 e. The molecule has 1 heterocycles. The first kappa shape index (κ1) is 32.2. The fourth-order valence-electron chi connectivity index (χ4n) is 5.77. The van der Waals surface area contributed by atoms with Crippen LogP contribution in [0.15, 0.2) is 114 Å². The van der Waals surface area contributed by atoms with Crippen molar-refractivity contribution in [3.63, 3.8) is 0 Å². The number of carbonyl (C=O) groups is 3. The van der Waals surface area contributed by atoms with Crippen molar-refractivity contribution >= 4 is 51.6 Å². The highest BCUT2D eigenvalue weighted by molar-refractivity contribution is 8.00. The number of thioether (sulfide) groups is 1. The van der Waals surface area contributed by atoms with Crippen LogP contribution in [0.25, 0.3) is 0 Å². The molecule has 0 bridgehead atoms. The summed E-state index contributed by atoms with van der Waals surface area (Å²) in [7, 11) is 0. The maximum Gasteiger partial charge on any atom is 0.341 e. The molecule has 2 amide bonds. The summed E-state index contributed by atoms with van der Waals surface area (Å²) >= 11 is 2.80. The van der Waals surface area contributed by atoms with E-state index in [1.54, 1.807) is 25.1 Å². The molecular weight excluding hydrogens is 632 g/mol. The molecule has 0 aliphatic heterocycles. The monoisotopic (exact) mass is 664 g/mol. The van der Waals surface area contributed by atoms with E-state index in [1.807, 2.05) is 54.6 Å². The zero-order chi connectivity index (χ0) is 32.8. The van der Waals surface area contributed by atoms with Gasteiger partial charge in [0.25, 0.3) is 5.91 Å². The number of ether oxygens (including phenoxy) is 1. The summed E-state index contributed by atoms with van der Waals surface area (Å²) in [5, 5.41) is 5.81. The van der Waals surface area contributed by atoms with Gasteiger partial charge >= 0.3 is 5.97 Å². The van der Waals surface area contributed by atoms with Crippen molar-refractivity contribution in [2.45, 2.75) is 42.2 Å². The summed E-state index contributed by atoms with van der Waals surface area (Å²) in [6.07, 6.45) is 2.42. The van der Waals surface area contributed by atoms with E-state index in [4.69, 9.17) is 4.74 Å². The van der Waals surface area contributed by atoms with E-state index >= 15 is 0 Å². The molecule has 9 heteroatoms. The molecule has 0 radical (unpaired) electrons. The lowest BCUT2D eigenvalue weighted by atomic mass is 9.83. The Balaban J connectivity index is 1.26. The molecule has 5 aromatic rings. The minimum atomic E-state index is -0.662. The fraction of sp³-hybridized carbons (Fsp3) is 0.184. The molecule has 0 spiro atoms. The molecule has 2 atom stereocenters. The number of halogens is 1. The van der Waals surface area contributed by atoms with Crippen molar-refractivity contribution in [3.8, 4) is 0 Å². The van der Waals surface area contributed by atoms with Gasteiger partial charge in [0.15, 0.2) is 0 Å². The number of nitrogens with one attached hydrogen (secondary N) is 2. The number of benzene rings is 4. The molecule has 6 nitrogen and oxygen atoms in total. The van der Waals surface area contributed by atoms with E-state index in [0.29, 0.717) is 27.7 Å². The van der Waals surface area contributed by atoms with Gasteiger partial charge in [0.2, 0.25) is 5.91 Å². The SMILES string of the molecule is CCOC(=O)c1c(NC(=O)C(Sc2cccc(NC(=O)c3ccc(F)cc3)c2)c2ccccc2)sc2c1CCC(c1ccccc1)C2. The summed E-state index contributed by atoms with van der Waals surface area (Å²) < 4.78 is 18.8. The van der Waals surface area contributed by atoms with Crippen molar-refractivity contribution in [1.29, 1.82) is 0 Å². The molecule has 1 aliphatic carbocycles. The Morgan fingerprint density at radius 2 is 1.64 bits per heavy atom. The lowest BCUT2D eigenvalue weighted by Gasteiger charge is -2.23. The second-order valence-electron chi connectivity index (χ2n) is 11.2. The molecule has 47 heavy (non-hydrogen) atoms. The molecule has 2 unspecified atom stereocenters. The van der Waals surface area contributed by atoms with Gasteiger partial charge in [0.1, 0.15) is 16.1 Å². The average Bonchev–Trinajstić information content (AvgIpc) is 3.45. The quantitative estimate of drug-likeness (QED) is 0.115. The molecule has 0 saturated carbocycles. The van der Waals surface area contributed by atoms with Gasteiger partial charge in [0, 0.05) is 21.0 Å². The van der Waals surface area contributed by atoms with Crippen molar-refractivity contribution < 1.29 is 23.5 Å². The van der Waals surface area contributed by atoms with Crippen LogP contribution in [0.2, 0.25) is 0 Å². The Labute approximate surface area is 281 Å². The second-order valence-corrected chi connectivity index (χ2v) is 13.4. The lowest BCUT2D eigenvalue weighted by molar-refractivity contribution is -0.115. The Bertz CT molecular complexity index is 1880. The van der Waals surface area contributed by atoms with Crippen molar-refractivity contribution in [1.82, 2.24) is 0 Å². The number of fused-ring (bicyclic) bond motifs is 1. The van der Waals surface area contributed by atoms with Crippen LogP contribution in [0.5, 0.6) is 0 Å². The van der Waals surface area contributed by atoms with Crippen molar-refractivity contribution in [2.24, 2.45) is 0 Å². The third kappa shape index (κ3) is 7.64. The molecule has 1 aliphatic rings. The van der Waals surface area contributed by atoms with Crippen LogP contribution < -0.4 is 10.6 Å². The molecule has 0 saturated heterocycles. The summed E-state index contributed by atoms with van der Waals surface area (Å²) in [6.45, 7) is 2.01. The highest BCUT2D eigenvalue weighted by Gasteiger charge is 2.32. The smallest absolute Gasteiger partial charge is 0.341 e. The van der Waals surface area contributed by atoms with Crippen LogP contribution in [0, 0.1) is 5.82 Å². The van der Waals surface area contributed by atoms with Gasteiger partial charge in [-0.2, -0.15) is 0 Å². The predicted octanol–water partition coefficient (Wildman–Crippen LogP) is 9.06. The second kappa shape index (κ2) is 14.8. The van der Waals surface area contributed by atoms with Gasteiger partial charge in [-0.25, -0.2) is 9.18 Å². The zero-order valence-corrected chi connectivity index (χ0v) is 27.3. The highest BCUT2D eigenvalue weighted by Crippen LogP contribution is 2.44. The average molecular weight is 665 g/mol. The van der Waals surface area contributed by atoms with E-state index < -0.39 is 17.0 Å². The van der Waals surface area contributed by atoms with Crippen molar-refractivity contribution in [2.75, 3.05) is 17.2 Å². The van der Waals surface area contributed by atoms with E-state index in [9.17, 15) is 18.8 Å². The molecule has 4 aromatic carbocycles. The Morgan fingerprint density at radius 1 is 0.915 bits per heavy atom. The summed E-state index contributed by atoms with van der Waals surface area (Å²) in [5.74, 6) is -1.15. The van der Waals surface area contributed by atoms with Crippen LogP contribution in [-0.2, 0) is 22.4 Å². The first-order chi connectivity index (χ1) is 22.9. The highest BCUT2D eigenvalue weighted by atomic mass is 32.2. The number of carbonyl (C=O) groups excluding carboxylic acids is 3. The van der Waals surface area contributed by atoms with Crippen molar-refractivity contribution in [3.05, 3.63) is 148 Å². The third-order valence-electron chi connectivity index (χ3n) is 8.05. The molecule has 1 aromatic heterocycles. The van der Waals surface area contributed by atoms with Crippen LogP contribution >= 0.6 is 23.1 Å². The van der Waals surface area contributed by atoms with E-state index in [0.717, 1.165) is 40.2 Å². The normalized spacial score (nSPS) is 14.5. The first-order valence-electron chi connectivity index (χ1n) is 15.5. The lowest BCUT2D eigenvalue weighted by Crippen LogP contribution is -2.20. The Kier molecular flexibility index (Phi) is 10.1. The molecule has 6 rings (SSSR count). The summed E-state index contributed by atoms with van der Waals surface area (Å²) in [5.41, 5.74) is 4.35. The molecule has 0 fully saturated rings. The van der Waals surface area contributed by atoms with E-state index in [1.165, 1.54) is 52.9 Å². The minimum absolute atomic E-state index is 0.236. The van der Waals surface area contributed by atoms with Crippen LogP contribution in [0.4, 0.5) is 15.1 Å². The molecular formula is C38H33FN2O4S2. The van der Waals surface area contributed by atoms with Gasteiger partial charge in [-0.3, -0.25) is 9.59 Å². The maximum absolute atomic E-state index is 14.1. The zero-order valence-electron chi connectivity index (χ0n) is 25.7. The van der Waals surface area contributed by atoms with Gasteiger partial charge in [0.05, 0.1) is 12.2 Å². The number of esters is 1. The van der Waals surface area contributed by atoms with Gasteiger partial charge in [-0.1, -0.05) is 66.7 Å². The first-order valence-corrected chi connectivity index (χ1v) is 17.1. The van der Waals surface area contributed by atoms with Gasteiger partial charge < -0.3 is 15.4 Å². The van der Waals surface area contributed by atoms with Crippen LogP contribution in [0.1, 0.15) is 66.8 Å². The van der Waals surface area contributed by atoms with E-state index in [2.05, 4.69) is 22.8 Å². The van der Waals surface area contributed by atoms with E-state index in [-0.39, 0.29) is 18.4 Å². The topological polar surface area (TPSA) is 84.5 Å². The molecule has 2 N–H and O–H groups in total.